The minimum absolute atomic E-state index is 0.0514. The minimum atomic E-state index is -1.83. The lowest BCUT2D eigenvalue weighted by molar-refractivity contribution is -0.151. The van der Waals surface area contributed by atoms with Crippen LogP contribution in [0.25, 0.3) is 0 Å². The highest BCUT2D eigenvalue weighted by atomic mass is 32.2. The standard InChI is InChI=1S/C26H25N9O9S3/c1-8-18(27)32-26(33-19(8)28)47-6-10-5-45-22-15(21(39)35(22)16(10)23(40)41)31-20(38)14(11-7-46-25(29)30-11)34-44-17(24(42)43)9-2-3-12(36)13(37)4-9/h2-4,7,15,17,22,36-37H,5-6H2,1H3,(H2,29,30)(H,31,38)(H,40,41)(H,42,43)(H4,27,28,32,33)/b34-14-/t15?,17-,22+/m0/s1. The summed E-state index contributed by atoms with van der Waals surface area (Å²) in [4.78, 5) is 69.5. The normalized spacial score (nSPS) is 18.3. The molecule has 3 atom stereocenters. The van der Waals surface area contributed by atoms with Gasteiger partial charge in [-0.2, -0.15) is 0 Å². The highest BCUT2D eigenvalue weighted by Crippen LogP contribution is 2.41. The molecular weight excluding hydrogens is 679 g/mol. The van der Waals surface area contributed by atoms with E-state index in [1.54, 1.807) is 6.92 Å². The number of oxime groups is 1. The Morgan fingerprint density at radius 3 is 2.45 bits per heavy atom. The third-order valence-electron chi connectivity index (χ3n) is 6.87. The Hall–Kier alpha value is -5.28. The van der Waals surface area contributed by atoms with Crippen LogP contribution in [0.5, 0.6) is 11.5 Å². The largest absolute Gasteiger partial charge is 0.504 e. The zero-order chi connectivity index (χ0) is 34.2. The number of nitrogen functional groups attached to an aromatic ring is 3. The van der Waals surface area contributed by atoms with Crippen molar-refractivity contribution in [2.75, 3.05) is 28.7 Å². The molecule has 1 fully saturated rings. The molecule has 3 aromatic rings. The maximum Gasteiger partial charge on any atom is 0.352 e. The van der Waals surface area contributed by atoms with Crippen molar-refractivity contribution in [2.45, 2.75) is 29.6 Å². The van der Waals surface area contributed by atoms with Crippen molar-refractivity contribution >= 4 is 81.1 Å². The first kappa shape index (κ1) is 33.1. The predicted octanol–water partition coefficient (Wildman–Crippen LogP) is 0.477. The van der Waals surface area contributed by atoms with E-state index >= 15 is 0 Å². The van der Waals surface area contributed by atoms with E-state index in [4.69, 9.17) is 22.0 Å². The molecule has 2 aliphatic heterocycles. The van der Waals surface area contributed by atoms with Crippen LogP contribution in [0.2, 0.25) is 0 Å². The summed E-state index contributed by atoms with van der Waals surface area (Å²) < 4.78 is 0. The number of aromatic hydroxyl groups is 2. The van der Waals surface area contributed by atoms with Gasteiger partial charge >= 0.3 is 11.9 Å². The quantitative estimate of drug-likeness (QED) is 0.0336. The second-order valence-electron chi connectivity index (χ2n) is 9.89. The maximum absolute atomic E-state index is 13.4. The number of aliphatic carboxylic acids is 2. The van der Waals surface area contributed by atoms with Gasteiger partial charge in [0.05, 0.1) is 0 Å². The number of carboxylic acid groups (broad SMARTS) is 2. The van der Waals surface area contributed by atoms with Gasteiger partial charge in [-0.25, -0.2) is 24.5 Å². The number of phenolic OH excluding ortho intramolecular Hbond substituents is 2. The number of aromatic nitrogens is 3. The van der Waals surface area contributed by atoms with Crippen molar-refractivity contribution in [2.24, 2.45) is 5.16 Å². The van der Waals surface area contributed by atoms with Gasteiger partial charge in [0, 0.05) is 28.0 Å². The van der Waals surface area contributed by atoms with E-state index < -0.39 is 58.5 Å². The van der Waals surface area contributed by atoms with Gasteiger partial charge in [-0.15, -0.1) is 23.1 Å². The molecule has 1 unspecified atom stereocenters. The molecular formula is C26H25N9O9S3. The molecule has 2 aliphatic rings. The molecule has 5 rings (SSSR count). The molecule has 2 amide bonds. The molecule has 0 spiro atoms. The lowest BCUT2D eigenvalue weighted by Gasteiger charge is -2.49. The topological polar surface area (TPSA) is 303 Å². The molecule has 47 heavy (non-hydrogen) atoms. The number of hydrogen-bond donors (Lipinski definition) is 8. The molecule has 0 radical (unpaired) electrons. The fourth-order valence-corrected chi connectivity index (χ4v) is 7.30. The van der Waals surface area contributed by atoms with E-state index in [2.05, 4.69) is 25.4 Å². The molecule has 246 valence electrons. The number of β-lactam (4-membered cyclic amide) rings is 1. The number of carboxylic acids is 2. The third-order valence-corrected chi connectivity index (χ3v) is 9.82. The summed E-state index contributed by atoms with van der Waals surface area (Å²) in [7, 11) is 0. The monoisotopic (exact) mass is 703 g/mol. The summed E-state index contributed by atoms with van der Waals surface area (Å²) in [5.74, 6) is -5.00. The number of anilines is 3. The van der Waals surface area contributed by atoms with Gasteiger partial charge in [0.25, 0.3) is 11.8 Å². The lowest BCUT2D eigenvalue weighted by Crippen LogP contribution is -2.71. The zero-order valence-corrected chi connectivity index (χ0v) is 26.4. The fraction of sp³-hybridized carbons (Fsp3) is 0.231. The number of carbonyl (C=O) groups excluding carboxylic acids is 2. The number of amides is 2. The number of benzene rings is 1. The number of fused-ring (bicyclic) bond motifs is 1. The molecule has 0 saturated carbocycles. The van der Waals surface area contributed by atoms with Gasteiger partial charge in [-0.3, -0.25) is 14.5 Å². The van der Waals surface area contributed by atoms with Crippen LogP contribution in [-0.2, 0) is 24.0 Å². The summed E-state index contributed by atoms with van der Waals surface area (Å²) in [5.41, 5.74) is 17.4. The van der Waals surface area contributed by atoms with Gasteiger partial charge in [0.1, 0.15) is 34.4 Å². The van der Waals surface area contributed by atoms with Crippen LogP contribution < -0.4 is 22.5 Å². The fourth-order valence-electron chi connectivity index (χ4n) is 4.41. The van der Waals surface area contributed by atoms with Crippen LogP contribution in [0.1, 0.15) is 22.9 Å². The SMILES string of the molecule is Cc1c(N)nc(SCC2=C(C(=O)O)N3C(=O)C(NC(=O)/C(=N\O[C@H](C(=O)O)c4ccc(O)c(O)c4)c4csc(N)n4)[C@H]3SC2)nc1N. The highest BCUT2D eigenvalue weighted by Gasteiger charge is 2.54. The lowest BCUT2D eigenvalue weighted by atomic mass is 10.0. The van der Waals surface area contributed by atoms with Crippen LogP contribution >= 0.6 is 34.9 Å². The Morgan fingerprint density at radius 1 is 1.15 bits per heavy atom. The van der Waals surface area contributed by atoms with Crippen LogP contribution in [0, 0.1) is 6.92 Å². The number of nitrogens with two attached hydrogens (primary N) is 3. The second-order valence-corrected chi connectivity index (χ2v) is 12.8. The number of hydrogen-bond acceptors (Lipinski definition) is 17. The average molecular weight is 704 g/mol. The smallest absolute Gasteiger partial charge is 0.352 e. The van der Waals surface area contributed by atoms with Crippen LogP contribution in [-0.4, -0.2) is 92.7 Å². The van der Waals surface area contributed by atoms with E-state index in [0.717, 1.165) is 40.1 Å². The van der Waals surface area contributed by atoms with Crippen LogP contribution in [0.15, 0.2) is 45.2 Å². The van der Waals surface area contributed by atoms with Crippen molar-refractivity contribution in [3.8, 4) is 11.5 Å². The number of phenols is 2. The van der Waals surface area contributed by atoms with Crippen molar-refractivity contribution < 1.29 is 44.4 Å². The van der Waals surface area contributed by atoms with E-state index in [-0.39, 0.29) is 50.4 Å². The van der Waals surface area contributed by atoms with Crippen molar-refractivity contribution in [1.82, 2.24) is 25.2 Å². The average Bonchev–Trinajstić information content (AvgIpc) is 3.45. The molecule has 4 heterocycles. The van der Waals surface area contributed by atoms with E-state index in [1.165, 1.54) is 23.2 Å². The molecule has 1 aromatic carbocycles. The first-order valence-corrected chi connectivity index (χ1v) is 16.1. The van der Waals surface area contributed by atoms with Gasteiger partial charge in [-0.05, 0) is 24.6 Å². The van der Waals surface area contributed by atoms with E-state index in [0.29, 0.717) is 11.1 Å². The van der Waals surface area contributed by atoms with Crippen molar-refractivity contribution in [3.63, 3.8) is 0 Å². The van der Waals surface area contributed by atoms with Gasteiger partial charge < -0.3 is 47.8 Å². The number of nitrogens with one attached hydrogen (secondary N) is 1. The number of carbonyl (C=O) groups is 4. The summed E-state index contributed by atoms with van der Waals surface area (Å²) in [6.07, 6.45) is -1.83. The maximum atomic E-state index is 13.4. The molecule has 2 aromatic heterocycles. The molecule has 1 saturated heterocycles. The Kier molecular flexibility index (Phi) is 9.31. The van der Waals surface area contributed by atoms with E-state index in [1.807, 2.05) is 0 Å². The Morgan fingerprint density at radius 2 is 1.85 bits per heavy atom. The number of rotatable bonds is 11. The summed E-state index contributed by atoms with van der Waals surface area (Å²) in [6.45, 7) is 1.66. The Bertz CT molecular complexity index is 1840. The van der Waals surface area contributed by atoms with Gasteiger partial charge in [0.15, 0.2) is 27.5 Å². The van der Waals surface area contributed by atoms with Gasteiger partial charge in [0.2, 0.25) is 6.10 Å². The van der Waals surface area contributed by atoms with Crippen molar-refractivity contribution in [1.29, 1.82) is 0 Å². The minimum Gasteiger partial charge on any atom is -0.504 e. The van der Waals surface area contributed by atoms with Crippen molar-refractivity contribution in [3.05, 3.63) is 51.7 Å². The molecule has 18 nitrogen and oxygen atoms in total. The molecule has 0 aliphatic carbocycles. The second kappa shape index (κ2) is 13.2. The summed E-state index contributed by atoms with van der Waals surface area (Å²) in [5, 5.41) is 46.2. The molecule has 21 heteroatoms. The highest BCUT2D eigenvalue weighted by molar-refractivity contribution is 8.01. The molecule has 11 N–H and O–H groups in total. The zero-order valence-electron chi connectivity index (χ0n) is 24.0. The first-order valence-electron chi connectivity index (χ1n) is 13.2. The first-order chi connectivity index (χ1) is 22.3. The number of nitrogens with zero attached hydrogens (tertiary/aromatic N) is 5. The van der Waals surface area contributed by atoms with E-state index in [9.17, 15) is 39.6 Å². The Balaban J connectivity index is 1.35. The Labute approximate surface area is 276 Å². The summed E-state index contributed by atoms with van der Waals surface area (Å²) >= 11 is 3.27. The van der Waals surface area contributed by atoms with Crippen LogP contribution in [0.4, 0.5) is 16.8 Å². The van der Waals surface area contributed by atoms with Crippen LogP contribution in [0.3, 0.4) is 0 Å². The number of thiazole rings is 1. The predicted molar refractivity (Wildman–Crippen MR) is 170 cm³/mol. The van der Waals surface area contributed by atoms with Gasteiger partial charge in [-0.1, -0.05) is 23.0 Å². The summed E-state index contributed by atoms with van der Waals surface area (Å²) in [6, 6.07) is 1.99. The third kappa shape index (κ3) is 6.66. The number of thioether (sulfide) groups is 2. The molecule has 0 bridgehead atoms.